The van der Waals surface area contributed by atoms with E-state index in [-0.39, 0.29) is 11.7 Å². The first-order chi connectivity index (χ1) is 10.1. The van der Waals surface area contributed by atoms with Gasteiger partial charge < -0.3 is 5.73 Å². The van der Waals surface area contributed by atoms with E-state index in [9.17, 15) is 9.59 Å². The highest BCUT2D eigenvalue weighted by molar-refractivity contribution is 8.00. The summed E-state index contributed by atoms with van der Waals surface area (Å²) in [6.07, 6.45) is 3.16. The monoisotopic (exact) mass is 301 g/mol. The van der Waals surface area contributed by atoms with Gasteiger partial charge in [-0.15, -0.1) is 21.5 Å². The second kappa shape index (κ2) is 5.41. The van der Waals surface area contributed by atoms with Gasteiger partial charge in [0.25, 0.3) is 5.91 Å². The number of pyridine rings is 2. The van der Waals surface area contributed by atoms with Crippen LogP contribution in [-0.2, 0) is 0 Å². The predicted molar refractivity (Wildman–Crippen MR) is 79.5 cm³/mol. The summed E-state index contributed by atoms with van der Waals surface area (Å²) in [6.45, 7) is 0. The van der Waals surface area contributed by atoms with Crippen molar-refractivity contribution in [2.75, 3.05) is 11.5 Å². The van der Waals surface area contributed by atoms with Crippen molar-refractivity contribution < 1.29 is 4.79 Å². The Kier molecular flexibility index (Phi) is 3.44. The Bertz CT molecular complexity index is 853. The van der Waals surface area contributed by atoms with Gasteiger partial charge in [-0.25, -0.2) is 14.2 Å². The molecule has 0 aromatic carbocycles. The van der Waals surface area contributed by atoms with Crippen LogP contribution >= 0.6 is 11.8 Å². The first kappa shape index (κ1) is 13.4. The molecule has 0 unspecified atom stereocenters. The van der Waals surface area contributed by atoms with E-state index in [0.717, 1.165) is 9.58 Å². The van der Waals surface area contributed by atoms with Crippen LogP contribution in [0.5, 0.6) is 0 Å². The Morgan fingerprint density at radius 1 is 1.29 bits per heavy atom. The van der Waals surface area contributed by atoms with E-state index in [1.807, 2.05) is 0 Å². The van der Waals surface area contributed by atoms with Crippen LogP contribution in [0.25, 0.3) is 5.65 Å². The van der Waals surface area contributed by atoms with Crippen molar-refractivity contribution >= 4 is 29.1 Å². The SMILES string of the molecule is Nc1ccc(SCC(=O)n2nc3ccccn3c2=O)cn1. The molecule has 21 heavy (non-hydrogen) atoms. The maximum atomic E-state index is 12.1. The molecular weight excluding hydrogens is 290 g/mol. The molecule has 0 radical (unpaired) electrons. The molecule has 106 valence electrons. The molecule has 7 nitrogen and oxygen atoms in total. The number of hydrogen-bond donors (Lipinski definition) is 1. The van der Waals surface area contributed by atoms with Crippen LogP contribution in [0.4, 0.5) is 5.82 Å². The summed E-state index contributed by atoms with van der Waals surface area (Å²) < 4.78 is 2.21. The van der Waals surface area contributed by atoms with Crippen molar-refractivity contribution in [1.82, 2.24) is 19.2 Å². The molecule has 0 aliphatic rings. The third kappa shape index (κ3) is 2.65. The third-order valence-corrected chi connectivity index (χ3v) is 3.75. The van der Waals surface area contributed by atoms with Gasteiger partial charge in [-0.05, 0) is 24.3 Å². The van der Waals surface area contributed by atoms with E-state index in [1.54, 1.807) is 42.7 Å². The number of carbonyl (C=O) groups is 1. The van der Waals surface area contributed by atoms with Gasteiger partial charge in [-0.3, -0.25) is 4.79 Å². The van der Waals surface area contributed by atoms with Crippen LogP contribution in [0.15, 0.2) is 52.4 Å². The Balaban J connectivity index is 1.79. The molecule has 3 aromatic heterocycles. The number of anilines is 1. The number of hydrogen-bond acceptors (Lipinski definition) is 6. The zero-order valence-corrected chi connectivity index (χ0v) is 11.7. The van der Waals surface area contributed by atoms with E-state index in [4.69, 9.17) is 5.73 Å². The van der Waals surface area contributed by atoms with Gasteiger partial charge >= 0.3 is 5.69 Å². The van der Waals surface area contributed by atoms with Crippen molar-refractivity contribution in [3.63, 3.8) is 0 Å². The van der Waals surface area contributed by atoms with Gasteiger partial charge in [0, 0.05) is 17.3 Å². The fourth-order valence-electron chi connectivity index (χ4n) is 1.77. The van der Waals surface area contributed by atoms with E-state index in [2.05, 4.69) is 10.1 Å². The largest absolute Gasteiger partial charge is 0.384 e. The topological polar surface area (TPSA) is 95.3 Å². The molecule has 3 heterocycles. The molecule has 0 saturated heterocycles. The summed E-state index contributed by atoms with van der Waals surface area (Å²) in [7, 11) is 0. The Morgan fingerprint density at radius 2 is 2.14 bits per heavy atom. The summed E-state index contributed by atoms with van der Waals surface area (Å²) in [5.74, 6) is 0.128. The van der Waals surface area contributed by atoms with Gasteiger partial charge in [0.2, 0.25) is 0 Å². The van der Waals surface area contributed by atoms with Crippen LogP contribution in [-0.4, -0.2) is 30.8 Å². The zero-order valence-electron chi connectivity index (χ0n) is 10.8. The smallest absolute Gasteiger partial charge is 0.357 e. The number of thioether (sulfide) groups is 1. The quantitative estimate of drug-likeness (QED) is 0.722. The van der Waals surface area contributed by atoms with Crippen molar-refractivity contribution in [3.8, 4) is 0 Å². The lowest BCUT2D eigenvalue weighted by Gasteiger charge is -2.00. The van der Waals surface area contributed by atoms with Crippen LogP contribution in [0.3, 0.4) is 0 Å². The molecule has 3 rings (SSSR count). The number of carbonyl (C=O) groups excluding carboxylic acids is 1. The number of nitrogens with two attached hydrogens (primary N) is 1. The molecule has 0 saturated carbocycles. The molecule has 2 N–H and O–H groups in total. The summed E-state index contributed by atoms with van der Waals surface area (Å²) in [5, 5.41) is 4.01. The average Bonchev–Trinajstić information content (AvgIpc) is 2.84. The Morgan fingerprint density at radius 3 is 2.86 bits per heavy atom. The number of fused-ring (bicyclic) bond motifs is 1. The zero-order chi connectivity index (χ0) is 14.8. The second-order valence-electron chi connectivity index (χ2n) is 4.22. The number of aromatic nitrogens is 4. The minimum atomic E-state index is -0.466. The van der Waals surface area contributed by atoms with Crippen molar-refractivity contribution in [2.45, 2.75) is 4.90 Å². The predicted octanol–water partition coefficient (Wildman–Crippen LogP) is 0.906. The standard InChI is InChI=1S/C13H11N5O2S/c14-10-5-4-9(7-15-10)21-8-12(19)18-13(20)17-6-2-1-3-11(17)16-18/h1-7H,8H2,(H2,14,15). The first-order valence-electron chi connectivity index (χ1n) is 6.09. The molecular formula is C13H11N5O2S. The van der Waals surface area contributed by atoms with E-state index in [1.165, 1.54) is 16.2 Å². The van der Waals surface area contributed by atoms with Gasteiger partial charge in [0.1, 0.15) is 5.82 Å². The molecule has 0 aliphatic carbocycles. The molecule has 0 atom stereocenters. The van der Waals surface area contributed by atoms with E-state index < -0.39 is 5.69 Å². The molecule has 0 bridgehead atoms. The average molecular weight is 301 g/mol. The normalized spacial score (nSPS) is 10.9. The molecule has 0 fully saturated rings. The molecule has 0 amide bonds. The second-order valence-corrected chi connectivity index (χ2v) is 5.27. The number of nitrogens with zero attached hydrogens (tertiary/aromatic N) is 4. The maximum absolute atomic E-state index is 12.1. The minimum Gasteiger partial charge on any atom is -0.384 e. The lowest BCUT2D eigenvalue weighted by Crippen LogP contribution is -2.28. The summed E-state index contributed by atoms with van der Waals surface area (Å²) >= 11 is 1.27. The van der Waals surface area contributed by atoms with Crippen LogP contribution in [0.1, 0.15) is 4.79 Å². The van der Waals surface area contributed by atoms with Crippen molar-refractivity contribution in [2.24, 2.45) is 0 Å². The van der Waals surface area contributed by atoms with Crippen molar-refractivity contribution in [1.29, 1.82) is 0 Å². The number of nitrogen functional groups attached to an aromatic ring is 1. The van der Waals surface area contributed by atoms with E-state index in [0.29, 0.717) is 11.5 Å². The maximum Gasteiger partial charge on any atom is 0.357 e. The van der Waals surface area contributed by atoms with Gasteiger partial charge in [0.15, 0.2) is 5.65 Å². The van der Waals surface area contributed by atoms with Gasteiger partial charge in [0.05, 0.1) is 5.75 Å². The van der Waals surface area contributed by atoms with Crippen LogP contribution < -0.4 is 11.4 Å². The van der Waals surface area contributed by atoms with Gasteiger partial charge in [-0.1, -0.05) is 6.07 Å². The molecule has 8 heteroatoms. The highest BCUT2D eigenvalue weighted by atomic mass is 32.2. The summed E-state index contributed by atoms with van der Waals surface area (Å²) in [6, 6.07) is 8.56. The lowest BCUT2D eigenvalue weighted by molar-refractivity contribution is 0.0922. The Hall–Kier alpha value is -2.61. The Labute approximate surface area is 123 Å². The summed E-state index contributed by atoms with van der Waals surface area (Å²) in [5.41, 5.74) is 5.46. The van der Waals surface area contributed by atoms with Crippen molar-refractivity contribution in [3.05, 3.63) is 53.2 Å². The van der Waals surface area contributed by atoms with Gasteiger partial charge in [-0.2, -0.15) is 0 Å². The van der Waals surface area contributed by atoms with Crippen LogP contribution in [0, 0.1) is 0 Å². The fraction of sp³-hybridized carbons (Fsp3) is 0.0769. The third-order valence-electron chi connectivity index (χ3n) is 2.79. The molecule has 3 aromatic rings. The molecule has 0 aliphatic heterocycles. The summed E-state index contributed by atoms with van der Waals surface area (Å²) in [4.78, 5) is 28.9. The van der Waals surface area contributed by atoms with Crippen LogP contribution in [0.2, 0.25) is 0 Å². The highest BCUT2D eigenvalue weighted by Crippen LogP contribution is 2.17. The number of rotatable bonds is 3. The highest BCUT2D eigenvalue weighted by Gasteiger charge is 2.13. The molecule has 0 spiro atoms. The van der Waals surface area contributed by atoms with E-state index >= 15 is 0 Å². The first-order valence-corrected chi connectivity index (χ1v) is 7.07. The minimum absolute atomic E-state index is 0.0926. The lowest BCUT2D eigenvalue weighted by atomic mass is 10.5. The fourth-order valence-corrected chi connectivity index (χ4v) is 2.47.